The largest absolute Gasteiger partial charge is 0.387 e. The Hall–Kier alpha value is -0.120. The first-order valence-electron chi connectivity index (χ1n) is 7.60. The van der Waals surface area contributed by atoms with Gasteiger partial charge in [-0.15, -0.1) is 0 Å². The van der Waals surface area contributed by atoms with Crippen LogP contribution in [0.3, 0.4) is 0 Å². The van der Waals surface area contributed by atoms with Crippen LogP contribution in [0.2, 0.25) is 0 Å². The van der Waals surface area contributed by atoms with Crippen LogP contribution in [0.1, 0.15) is 52.9 Å². The number of aliphatic hydroxyl groups is 1. The first-order valence-corrected chi connectivity index (χ1v) is 7.60. The Morgan fingerprint density at radius 2 is 1.94 bits per heavy atom. The average molecular weight is 253 g/mol. The summed E-state index contributed by atoms with van der Waals surface area (Å²) in [5.74, 6) is 0.423. The minimum atomic E-state index is -0.569. The van der Waals surface area contributed by atoms with Crippen LogP contribution >= 0.6 is 0 Å². The van der Waals surface area contributed by atoms with Crippen molar-refractivity contribution in [2.75, 3.05) is 13.2 Å². The lowest BCUT2D eigenvalue weighted by Crippen LogP contribution is -2.68. The van der Waals surface area contributed by atoms with Crippen LogP contribution in [0.25, 0.3) is 0 Å². The van der Waals surface area contributed by atoms with E-state index in [1.807, 2.05) is 0 Å². The highest BCUT2D eigenvalue weighted by Gasteiger charge is 2.60. The van der Waals surface area contributed by atoms with E-state index in [1.165, 1.54) is 25.7 Å². The van der Waals surface area contributed by atoms with Crippen molar-refractivity contribution in [3.8, 4) is 0 Å². The summed E-state index contributed by atoms with van der Waals surface area (Å²) < 4.78 is 5.49. The lowest BCUT2D eigenvalue weighted by molar-refractivity contribution is -0.169. The third-order valence-electron chi connectivity index (χ3n) is 5.50. The Kier molecular flexibility index (Phi) is 3.00. The van der Waals surface area contributed by atoms with Crippen molar-refractivity contribution in [2.45, 2.75) is 76.2 Å². The zero-order valence-electron chi connectivity index (χ0n) is 12.0. The van der Waals surface area contributed by atoms with Crippen LogP contribution < -0.4 is 0 Å². The van der Waals surface area contributed by atoms with E-state index in [-0.39, 0.29) is 11.6 Å². The molecule has 4 atom stereocenters. The summed E-state index contributed by atoms with van der Waals surface area (Å²) >= 11 is 0. The van der Waals surface area contributed by atoms with E-state index < -0.39 is 5.60 Å². The first-order chi connectivity index (χ1) is 8.49. The van der Waals surface area contributed by atoms with E-state index in [0.717, 1.165) is 19.6 Å². The molecule has 0 bridgehead atoms. The van der Waals surface area contributed by atoms with Crippen molar-refractivity contribution in [3.63, 3.8) is 0 Å². The van der Waals surface area contributed by atoms with Crippen molar-refractivity contribution < 1.29 is 9.84 Å². The van der Waals surface area contributed by atoms with Gasteiger partial charge in [-0.25, -0.2) is 0 Å². The highest BCUT2D eigenvalue weighted by Crippen LogP contribution is 2.51. The van der Waals surface area contributed by atoms with Crippen molar-refractivity contribution in [1.82, 2.24) is 4.90 Å². The van der Waals surface area contributed by atoms with E-state index in [9.17, 15) is 5.11 Å². The Morgan fingerprint density at radius 1 is 1.28 bits per heavy atom. The molecule has 2 saturated heterocycles. The zero-order chi connectivity index (χ0) is 13.0. The predicted molar refractivity (Wildman–Crippen MR) is 71.5 cm³/mol. The monoisotopic (exact) mass is 253 g/mol. The van der Waals surface area contributed by atoms with Crippen molar-refractivity contribution in [2.24, 2.45) is 5.92 Å². The molecule has 3 aliphatic rings. The maximum atomic E-state index is 11.2. The van der Waals surface area contributed by atoms with Gasteiger partial charge in [0.25, 0.3) is 0 Å². The molecule has 2 aliphatic heterocycles. The van der Waals surface area contributed by atoms with Crippen LogP contribution in [-0.4, -0.2) is 46.4 Å². The highest BCUT2D eigenvalue weighted by molar-refractivity contribution is 5.12. The van der Waals surface area contributed by atoms with Gasteiger partial charge in [0.2, 0.25) is 0 Å². The number of hydrogen-bond acceptors (Lipinski definition) is 3. The maximum Gasteiger partial charge on any atom is 0.110 e. The van der Waals surface area contributed by atoms with Crippen LogP contribution in [0.5, 0.6) is 0 Å². The molecule has 1 aliphatic carbocycles. The molecule has 2 unspecified atom stereocenters. The van der Waals surface area contributed by atoms with Crippen LogP contribution in [-0.2, 0) is 4.74 Å². The molecule has 18 heavy (non-hydrogen) atoms. The summed E-state index contributed by atoms with van der Waals surface area (Å²) in [6, 6.07) is 0.557. The Bertz CT molecular complexity index is 326. The second-order valence-electron chi connectivity index (χ2n) is 7.05. The topological polar surface area (TPSA) is 36.0 Å². The van der Waals surface area contributed by atoms with Crippen LogP contribution in [0.4, 0.5) is 0 Å². The fraction of sp³-hybridized carbons (Fsp3) is 1.00. The number of fused-ring (bicyclic) bond motifs is 1. The smallest absolute Gasteiger partial charge is 0.110 e. The van der Waals surface area contributed by atoms with Crippen molar-refractivity contribution in [1.29, 1.82) is 0 Å². The van der Waals surface area contributed by atoms with Gasteiger partial charge in [0.05, 0.1) is 12.2 Å². The van der Waals surface area contributed by atoms with Gasteiger partial charge in [0.15, 0.2) is 0 Å². The molecule has 0 aromatic heterocycles. The number of rotatable bonds is 2. The molecule has 0 radical (unpaired) electrons. The van der Waals surface area contributed by atoms with Crippen molar-refractivity contribution in [3.05, 3.63) is 0 Å². The molecule has 2 heterocycles. The summed E-state index contributed by atoms with van der Waals surface area (Å²) in [6.45, 7) is 8.69. The lowest BCUT2D eigenvalue weighted by atomic mass is 9.63. The number of epoxide rings is 1. The Labute approximate surface area is 110 Å². The van der Waals surface area contributed by atoms with Crippen molar-refractivity contribution >= 4 is 0 Å². The second kappa shape index (κ2) is 4.19. The Morgan fingerprint density at radius 3 is 2.56 bits per heavy atom. The molecule has 104 valence electrons. The van der Waals surface area contributed by atoms with E-state index in [1.54, 1.807) is 0 Å². The standard InChI is InChI=1S/C15H27NO2/c1-4-16-12-8-6-5-7-11(12)15(17,13-9-18-13)10-14(16,2)3/h11-13,17H,4-10H2,1-3H3/t11-,12-,13?,15?/m0/s1. The zero-order valence-corrected chi connectivity index (χ0v) is 12.0. The number of piperidine rings is 1. The molecule has 3 rings (SSSR count). The van der Waals surface area contributed by atoms with Crippen LogP contribution in [0, 0.1) is 5.92 Å². The van der Waals surface area contributed by atoms with Gasteiger partial charge in [0.1, 0.15) is 6.10 Å². The molecule has 3 nitrogen and oxygen atoms in total. The molecule has 0 amide bonds. The molecular weight excluding hydrogens is 226 g/mol. The molecular formula is C15H27NO2. The first kappa shape index (κ1) is 12.9. The molecule has 0 spiro atoms. The number of hydrogen-bond donors (Lipinski definition) is 1. The third-order valence-corrected chi connectivity index (χ3v) is 5.50. The predicted octanol–water partition coefficient (Wildman–Crippen LogP) is 2.18. The molecule has 3 heteroatoms. The summed E-state index contributed by atoms with van der Waals surface area (Å²) in [4.78, 5) is 2.63. The third kappa shape index (κ3) is 1.83. The van der Waals surface area contributed by atoms with Crippen LogP contribution in [0.15, 0.2) is 0 Å². The quantitative estimate of drug-likeness (QED) is 0.766. The molecule has 0 aromatic rings. The minimum Gasteiger partial charge on any atom is -0.387 e. The summed E-state index contributed by atoms with van der Waals surface area (Å²) in [6.07, 6.45) is 5.98. The van der Waals surface area contributed by atoms with E-state index in [0.29, 0.717) is 12.0 Å². The van der Waals surface area contributed by atoms with Gasteiger partial charge < -0.3 is 9.84 Å². The number of ether oxygens (including phenoxy) is 1. The SMILES string of the molecule is CCN1[C@H]2CCCC[C@@H]2C(O)(C2CO2)CC1(C)C. The fourth-order valence-corrected chi connectivity index (χ4v) is 4.79. The molecule has 1 saturated carbocycles. The maximum absolute atomic E-state index is 11.2. The summed E-state index contributed by atoms with van der Waals surface area (Å²) in [5, 5.41) is 11.2. The average Bonchev–Trinajstić information content (AvgIpc) is 3.12. The van der Waals surface area contributed by atoms with Gasteiger partial charge in [-0.3, -0.25) is 4.90 Å². The van der Waals surface area contributed by atoms with E-state index in [2.05, 4.69) is 25.7 Å². The highest BCUT2D eigenvalue weighted by atomic mass is 16.6. The van der Waals surface area contributed by atoms with Gasteiger partial charge in [0, 0.05) is 17.5 Å². The second-order valence-corrected chi connectivity index (χ2v) is 7.05. The van der Waals surface area contributed by atoms with Gasteiger partial charge in [-0.1, -0.05) is 19.8 Å². The Balaban J connectivity index is 1.94. The van der Waals surface area contributed by atoms with E-state index in [4.69, 9.17) is 4.74 Å². The van der Waals surface area contributed by atoms with Gasteiger partial charge in [-0.2, -0.15) is 0 Å². The normalized spacial score (nSPS) is 47.7. The molecule has 1 N–H and O–H groups in total. The van der Waals surface area contributed by atoms with E-state index >= 15 is 0 Å². The fourth-order valence-electron chi connectivity index (χ4n) is 4.79. The lowest BCUT2D eigenvalue weighted by Gasteiger charge is -2.59. The summed E-state index contributed by atoms with van der Waals surface area (Å²) in [5.41, 5.74) is -0.478. The number of nitrogens with zero attached hydrogens (tertiary/aromatic N) is 1. The number of likely N-dealkylation sites (tertiary alicyclic amines) is 1. The van der Waals surface area contributed by atoms with Gasteiger partial charge >= 0.3 is 0 Å². The molecule has 0 aromatic carbocycles. The molecule has 3 fully saturated rings. The summed E-state index contributed by atoms with van der Waals surface area (Å²) in [7, 11) is 0. The minimum absolute atomic E-state index is 0.0912. The van der Waals surface area contributed by atoms with Gasteiger partial charge in [-0.05, 0) is 39.7 Å².